The van der Waals surface area contributed by atoms with E-state index in [0.29, 0.717) is 36.8 Å². The summed E-state index contributed by atoms with van der Waals surface area (Å²) in [7, 11) is -2.04. The molecule has 3 N–H and O–H groups in total. The fraction of sp³-hybridized carbons (Fsp3) is 0.364. The molecule has 1 saturated heterocycles. The molecule has 0 saturated carbocycles. The molecule has 2 aromatic carbocycles. The van der Waals surface area contributed by atoms with Gasteiger partial charge in [0.25, 0.3) is 5.91 Å². The largest absolute Gasteiger partial charge is 0.491 e. The maximum Gasteiger partial charge on any atom is 0.257 e. The van der Waals surface area contributed by atoms with Gasteiger partial charge in [-0.15, -0.1) is 0 Å². The molecule has 0 spiro atoms. The van der Waals surface area contributed by atoms with Crippen molar-refractivity contribution < 1.29 is 27.4 Å². The van der Waals surface area contributed by atoms with Gasteiger partial charge in [0, 0.05) is 31.5 Å². The Bertz CT molecular complexity index is 1040. The Labute approximate surface area is 198 Å². The third kappa shape index (κ3) is 7.76. The van der Waals surface area contributed by atoms with E-state index >= 15 is 0 Å². The number of methoxy groups -OCH3 is 1. The molecular formula is C22H27N3O6S2. The highest BCUT2D eigenvalue weighted by Crippen LogP contribution is 2.16. The van der Waals surface area contributed by atoms with Crippen molar-refractivity contribution in [3.8, 4) is 5.75 Å². The second-order valence-corrected chi connectivity index (χ2v) is 9.46. The minimum Gasteiger partial charge on any atom is -0.491 e. The third-order valence-corrected chi connectivity index (χ3v) is 6.49. The topological polar surface area (TPSA) is 115 Å². The molecule has 1 unspecified atom stereocenters. The lowest BCUT2D eigenvalue weighted by molar-refractivity contribution is 0.0977. The van der Waals surface area contributed by atoms with Gasteiger partial charge in [0.15, 0.2) is 5.11 Å². The number of sulfonamides is 1. The Morgan fingerprint density at radius 1 is 1.12 bits per heavy atom. The van der Waals surface area contributed by atoms with E-state index in [2.05, 4.69) is 15.4 Å². The zero-order valence-electron chi connectivity index (χ0n) is 18.2. The lowest BCUT2D eigenvalue weighted by Gasteiger charge is -2.13. The van der Waals surface area contributed by atoms with Crippen LogP contribution in [0.15, 0.2) is 53.4 Å². The van der Waals surface area contributed by atoms with Crippen LogP contribution in [0.2, 0.25) is 0 Å². The molecule has 11 heteroatoms. The molecule has 0 aliphatic carbocycles. The van der Waals surface area contributed by atoms with E-state index in [0.717, 1.165) is 12.8 Å². The molecule has 1 heterocycles. The van der Waals surface area contributed by atoms with Crippen LogP contribution in [0.5, 0.6) is 5.75 Å². The summed E-state index contributed by atoms with van der Waals surface area (Å²) >= 11 is 5.19. The molecule has 1 fully saturated rings. The minimum atomic E-state index is -3.64. The average Bonchev–Trinajstić information content (AvgIpc) is 3.32. The van der Waals surface area contributed by atoms with E-state index in [4.69, 9.17) is 26.4 Å². The Kier molecular flexibility index (Phi) is 9.15. The van der Waals surface area contributed by atoms with Gasteiger partial charge in [-0.2, -0.15) is 0 Å². The molecule has 0 radical (unpaired) electrons. The monoisotopic (exact) mass is 493 g/mol. The second-order valence-electron chi connectivity index (χ2n) is 7.29. The Morgan fingerprint density at radius 3 is 2.48 bits per heavy atom. The maximum absolute atomic E-state index is 12.4. The van der Waals surface area contributed by atoms with Gasteiger partial charge in [-0.1, -0.05) is 0 Å². The van der Waals surface area contributed by atoms with Crippen molar-refractivity contribution >= 4 is 38.9 Å². The van der Waals surface area contributed by atoms with Crippen LogP contribution >= 0.6 is 12.2 Å². The van der Waals surface area contributed by atoms with Crippen molar-refractivity contribution in [2.24, 2.45) is 0 Å². The number of carbonyl (C=O) groups excluding carboxylic acids is 1. The first-order valence-electron chi connectivity index (χ1n) is 10.4. The van der Waals surface area contributed by atoms with Crippen molar-refractivity contribution in [1.29, 1.82) is 0 Å². The first-order chi connectivity index (χ1) is 15.9. The van der Waals surface area contributed by atoms with Crippen molar-refractivity contribution in [3.05, 3.63) is 54.1 Å². The highest BCUT2D eigenvalue weighted by atomic mass is 32.2. The summed E-state index contributed by atoms with van der Waals surface area (Å²) in [6.07, 6.45) is 1.71. The summed E-state index contributed by atoms with van der Waals surface area (Å²) in [6.45, 7) is 1.80. The highest BCUT2D eigenvalue weighted by Gasteiger charge is 2.20. The lowest BCUT2D eigenvalue weighted by atomic mass is 10.2. The minimum absolute atomic E-state index is 0.0823. The molecular weight excluding hydrogens is 466 g/mol. The molecule has 1 aliphatic heterocycles. The number of benzene rings is 2. The fourth-order valence-electron chi connectivity index (χ4n) is 3.09. The first kappa shape index (κ1) is 25.1. The zero-order chi connectivity index (χ0) is 23.7. The van der Waals surface area contributed by atoms with Gasteiger partial charge in [-0.05, 0) is 73.6 Å². The fourth-order valence-corrected chi connectivity index (χ4v) is 4.37. The van der Waals surface area contributed by atoms with Crippen LogP contribution in [0.3, 0.4) is 0 Å². The average molecular weight is 494 g/mol. The number of anilines is 1. The van der Waals surface area contributed by atoms with Gasteiger partial charge in [-0.3, -0.25) is 10.1 Å². The Morgan fingerprint density at radius 2 is 1.85 bits per heavy atom. The molecule has 3 rings (SSSR count). The number of hydrogen-bond acceptors (Lipinski definition) is 7. The summed E-state index contributed by atoms with van der Waals surface area (Å²) in [5.74, 6) is 0.248. The Balaban J connectivity index is 1.49. The van der Waals surface area contributed by atoms with Crippen LogP contribution in [-0.2, 0) is 19.5 Å². The van der Waals surface area contributed by atoms with Gasteiger partial charge in [-0.25, -0.2) is 13.1 Å². The highest BCUT2D eigenvalue weighted by molar-refractivity contribution is 7.89. The van der Waals surface area contributed by atoms with Gasteiger partial charge in [0.2, 0.25) is 10.0 Å². The Hall–Kier alpha value is -2.57. The molecule has 1 amide bonds. The van der Waals surface area contributed by atoms with Crippen LogP contribution in [-0.4, -0.2) is 59.0 Å². The third-order valence-electron chi connectivity index (χ3n) is 4.85. The van der Waals surface area contributed by atoms with E-state index in [1.807, 2.05) is 0 Å². The summed E-state index contributed by atoms with van der Waals surface area (Å²) in [5, 5.41) is 5.55. The predicted octanol–water partition coefficient (Wildman–Crippen LogP) is 2.30. The SMILES string of the molecule is COCCOc1ccc(C(=O)NC(=S)Nc2ccc(S(=O)(=O)NCC3CCCO3)cc2)cc1. The van der Waals surface area contributed by atoms with Crippen LogP contribution in [0.25, 0.3) is 0 Å². The predicted molar refractivity (Wildman–Crippen MR) is 128 cm³/mol. The van der Waals surface area contributed by atoms with Crippen molar-refractivity contribution in [3.63, 3.8) is 0 Å². The lowest BCUT2D eigenvalue weighted by Crippen LogP contribution is -2.34. The molecule has 1 aliphatic rings. The van der Waals surface area contributed by atoms with E-state index in [1.165, 1.54) is 12.1 Å². The van der Waals surface area contributed by atoms with Gasteiger partial charge < -0.3 is 19.5 Å². The molecule has 1 atom stereocenters. The van der Waals surface area contributed by atoms with E-state index in [-0.39, 0.29) is 28.6 Å². The number of carbonyl (C=O) groups is 1. The summed E-state index contributed by atoms with van der Waals surface area (Å²) in [6, 6.07) is 12.7. The number of thiocarbonyl (C=S) groups is 1. The molecule has 178 valence electrons. The smallest absolute Gasteiger partial charge is 0.257 e. The number of rotatable bonds is 10. The maximum atomic E-state index is 12.4. The van der Waals surface area contributed by atoms with Crippen molar-refractivity contribution in [2.45, 2.75) is 23.8 Å². The van der Waals surface area contributed by atoms with Crippen molar-refractivity contribution in [2.75, 3.05) is 38.8 Å². The zero-order valence-corrected chi connectivity index (χ0v) is 19.8. The summed E-state index contributed by atoms with van der Waals surface area (Å²) in [5.41, 5.74) is 0.956. The number of nitrogens with one attached hydrogen (secondary N) is 3. The van der Waals surface area contributed by atoms with Gasteiger partial charge >= 0.3 is 0 Å². The second kappa shape index (κ2) is 12.1. The molecule has 2 aromatic rings. The molecule has 0 bridgehead atoms. The molecule has 0 aromatic heterocycles. The van der Waals surface area contributed by atoms with E-state index in [9.17, 15) is 13.2 Å². The van der Waals surface area contributed by atoms with E-state index < -0.39 is 10.0 Å². The standard InChI is InChI=1S/C22H27N3O6S2/c1-29-13-14-31-18-8-4-16(5-9-18)21(26)25-22(32)24-17-6-10-20(11-7-17)33(27,28)23-15-19-3-2-12-30-19/h4-11,19,23H,2-3,12-15H2,1H3,(H2,24,25,26,32). The number of amides is 1. The van der Waals surface area contributed by atoms with Crippen LogP contribution in [0, 0.1) is 0 Å². The first-order valence-corrected chi connectivity index (χ1v) is 12.3. The van der Waals surface area contributed by atoms with Gasteiger partial charge in [0.1, 0.15) is 12.4 Å². The number of ether oxygens (including phenoxy) is 3. The quantitative estimate of drug-likeness (QED) is 0.341. The van der Waals surface area contributed by atoms with Crippen molar-refractivity contribution in [1.82, 2.24) is 10.0 Å². The summed E-state index contributed by atoms with van der Waals surface area (Å²) in [4.78, 5) is 12.5. The van der Waals surface area contributed by atoms with Gasteiger partial charge in [0.05, 0.1) is 17.6 Å². The molecule has 9 nitrogen and oxygen atoms in total. The van der Waals surface area contributed by atoms with E-state index in [1.54, 1.807) is 43.5 Å². The van der Waals surface area contributed by atoms with Crippen LogP contribution < -0.4 is 20.1 Å². The summed E-state index contributed by atoms with van der Waals surface area (Å²) < 4.78 is 43.3. The molecule has 33 heavy (non-hydrogen) atoms. The normalized spacial score (nSPS) is 15.7. The van der Waals surface area contributed by atoms with Crippen LogP contribution in [0.1, 0.15) is 23.2 Å². The number of hydrogen-bond donors (Lipinski definition) is 3. The van der Waals surface area contributed by atoms with Crippen LogP contribution in [0.4, 0.5) is 5.69 Å².